The first-order valence-corrected chi connectivity index (χ1v) is 7.50. The SMILES string of the molecule is Cc1cc(F)c(-c2cc(C(F)(F)F)on2)cc1S(=O)CC(F)(F)F. The molecule has 0 amide bonds. The van der Waals surface area contributed by atoms with E-state index in [1.165, 1.54) is 6.92 Å². The maximum Gasteiger partial charge on any atom is 0.452 e. The predicted octanol–water partition coefficient (Wildman–Crippen LogP) is 4.48. The van der Waals surface area contributed by atoms with Crippen LogP contribution < -0.4 is 0 Å². The van der Waals surface area contributed by atoms with Crippen LogP contribution in [0.4, 0.5) is 30.7 Å². The van der Waals surface area contributed by atoms with Crippen molar-refractivity contribution in [1.82, 2.24) is 5.16 Å². The minimum Gasteiger partial charge on any atom is -0.351 e. The van der Waals surface area contributed by atoms with Gasteiger partial charge in [-0.25, -0.2) is 4.39 Å². The maximum atomic E-state index is 13.9. The molecular weight excluding hydrogens is 367 g/mol. The van der Waals surface area contributed by atoms with Crippen molar-refractivity contribution in [3.63, 3.8) is 0 Å². The van der Waals surface area contributed by atoms with Gasteiger partial charge >= 0.3 is 12.4 Å². The zero-order valence-electron chi connectivity index (χ0n) is 11.8. The van der Waals surface area contributed by atoms with Gasteiger partial charge in [0, 0.05) is 16.5 Å². The number of aromatic nitrogens is 1. The van der Waals surface area contributed by atoms with E-state index in [4.69, 9.17) is 0 Å². The first kappa shape index (κ1) is 18.4. The van der Waals surface area contributed by atoms with Crippen molar-refractivity contribution < 1.29 is 39.5 Å². The van der Waals surface area contributed by atoms with Crippen molar-refractivity contribution in [2.24, 2.45) is 0 Å². The lowest BCUT2D eigenvalue weighted by Gasteiger charge is -2.10. The zero-order valence-corrected chi connectivity index (χ0v) is 12.6. The Bertz CT molecular complexity index is 780. The van der Waals surface area contributed by atoms with Crippen molar-refractivity contribution in [1.29, 1.82) is 0 Å². The van der Waals surface area contributed by atoms with E-state index >= 15 is 0 Å². The van der Waals surface area contributed by atoms with Gasteiger partial charge in [0.2, 0.25) is 5.76 Å². The molecule has 11 heteroatoms. The van der Waals surface area contributed by atoms with Crippen LogP contribution in [-0.2, 0) is 17.0 Å². The number of benzene rings is 1. The Morgan fingerprint density at radius 1 is 1.12 bits per heavy atom. The Kier molecular flexibility index (Phi) is 4.75. The molecule has 1 unspecified atom stereocenters. The second-order valence-electron chi connectivity index (χ2n) is 4.78. The third-order valence-corrected chi connectivity index (χ3v) is 4.39. The van der Waals surface area contributed by atoms with Gasteiger partial charge in [0.25, 0.3) is 0 Å². The van der Waals surface area contributed by atoms with Crippen LogP contribution in [0.3, 0.4) is 0 Å². The third kappa shape index (κ3) is 4.13. The van der Waals surface area contributed by atoms with Gasteiger partial charge in [0.15, 0.2) is 0 Å². The summed E-state index contributed by atoms with van der Waals surface area (Å²) in [6.45, 7) is 1.24. The van der Waals surface area contributed by atoms with Crippen molar-refractivity contribution in [3.8, 4) is 11.3 Å². The van der Waals surface area contributed by atoms with Crippen LogP contribution in [0.15, 0.2) is 27.6 Å². The molecule has 1 heterocycles. The molecule has 3 nitrogen and oxygen atoms in total. The second-order valence-corrected chi connectivity index (χ2v) is 6.20. The average molecular weight is 375 g/mol. The Morgan fingerprint density at radius 3 is 2.25 bits per heavy atom. The van der Waals surface area contributed by atoms with Gasteiger partial charge in [0.05, 0.1) is 10.8 Å². The van der Waals surface area contributed by atoms with Crippen LogP contribution in [0, 0.1) is 12.7 Å². The molecule has 1 atom stereocenters. The average Bonchev–Trinajstić information content (AvgIpc) is 2.85. The molecule has 1 aromatic heterocycles. The molecule has 0 aliphatic carbocycles. The van der Waals surface area contributed by atoms with E-state index in [0.717, 1.165) is 12.1 Å². The maximum absolute atomic E-state index is 13.9. The summed E-state index contributed by atoms with van der Waals surface area (Å²) >= 11 is 0. The fraction of sp³-hybridized carbons (Fsp3) is 0.308. The molecule has 24 heavy (non-hydrogen) atoms. The van der Waals surface area contributed by atoms with Gasteiger partial charge in [-0.2, -0.15) is 26.3 Å². The minimum atomic E-state index is -4.85. The van der Waals surface area contributed by atoms with Gasteiger partial charge in [0.1, 0.15) is 17.3 Å². The molecule has 1 aromatic carbocycles. The number of nitrogens with zero attached hydrogens (tertiary/aromatic N) is 1. The molecule has 0 spiro atoms. The fourth-order valence-electron chi connectivity index (χ4n) is 1.86. The highest BCUT2D eigenvalue weighted by Crippen LogP contribution is 2.34. The summed E-state index contributed by atoms with van der Waals surface area (Å²) in [4.78, 5) is -0.347. The Balaban J connectivity index is 2.47. The number of hydrogen-bond donors (Lipinski definition) is 0. The molecule has 0 fully saturated rings. The molecule has 0 N–H and O–H groups in total. The van der Waals surface area contributed by atoms with E-state index < -0.39 is 51.7 Å². The van der Waals surface area contributed by atoms with Crippen molar-refractivity contribution in [3.05, 3.63) is 35.3 Å². The monoisotopic (exact) mass is 375 g/mol. The summed E-state index contributed by atoms with van der Waals surface area (Å²) in [5, 5.41) is 3.06. The van der Waals surface area contributed by atoms with Crippen LogP contribution in [-0.4, -0.2) is 21.3 Å². The standard InChI is InChI=1S/C13H8F7NO2S/c1-6-2-8(14)7(3-10(6)24(22)5-12(15,16)17)9-4-11(23-21-9)13(18,19)20/h2-4H,5H2,1H3. The van der Waals surface area contributed by atoms with E-state index in [1.54, 1.807) is 0 Å². The summed E-state index contributed by atoms with van der Waals surface area (Å²) in [5.74, 6) is -4.18. The molecule has 0 saturated heterocycles. The molecule has 132 valence electrons. The predicted molar refractivity (Wildman–Crippen MR) is 69.0 cm³/mol. The van der Waals surface area contributed by atoms with Crippen LogP contribution in [0.2, 0.25) is 0 Å². The van der Waals surface area contributed by atoms with E-state index in [0.29, 0.717) is 6.07 Å². The summed E-state index contributed by atoms with van der Waals surface area (Å²) in [6.07, 6.45) is -9.57. The van der Waals surface area contributed by atoms with E-state index in [9.17, 15) is 34.9 Å². The summed E-state index contributed by atoms with van der Waals surface area (Å²) < 4.78 is 104. The Labute approximate surface area is 132 Å². The van der Waals surface area contributed by atoms with Gasteiger partial charge < -0.3 is 4.52 Å². The minimum absolute atomic E-state index is 0.0293. The summed E-state index contributed by atoms with van der Waals surface area (Å²) in [5.41, 5.74) is -1.13. The normalized spacial score (nSPS) is 14.0. The van der Waals surface area contributed by atoms with Gasteiger partial charge in [-0.05, 0) is 24.6 Å². The molecule has 0 aliphatic heterocycles. The Morgan fingerprint density at radius 2 is 1.75 bits per heavy atom. The van der Waals surface area contributed by atoms with E-state index in [-0.39, 0.29) is 10.5 Å². The quantitative estimate of drug-likeness (QED) is 0.743. The number of alkyl halides is 6. The lowest BCUT2D eigenvalue weighted by atomic mass is 10.1. The van der Waals surface area contributed by atoms with Gasteiger partial charge in [-0.15, -0.1) is 0 Å². The first-order valence-electron chi connectivity index (χ1n) is 6.18. The number of rotatable bonds is 3. The molecule has 2 aromatic rings. The highest BCUT2D eigenvalue weighted by molar-refractivity contribution is 7.85. The van der Waals surface area contributed by atoms with Crippen molar-refractivity contribution in [2.45, 2.75) is 24.2 Å². The molecule has 0 bridgehead atoms. The lowest BCUT2D eigenvalue weighted by Crippen LogP contribution is -2.19. The van der Waals surface area contributed by atoms with Gasteiger partial charge in [-0.3, -0.25) is 4.21 Å². The first-order chi connectivity index (χ1) is 10.9. The summed E-state index contributed by atoms with van der Waals surface area (Å²) in [6, 6.07) is 1.97. The van der Waals surface area contributed by atoms with Crippen LogP contribution in [0.1, 0.15) is 11.3 Å². The van der Waals surface area contributed by atoms with Crippen molar-refractivity contribution >= 4 is 10.8 Å². The summed E-state index contributed by atoms with van der Waals surface area (Å²) in [7, 11) is -2.54. The molecule has 0 aliphatic rings. The van der Waals surface area contributed by atoms with Crippen molar-refractivity contribution in [2.75, 3.05) is 5.75 Å². The smallest absolute Gasteiger partial charge is 0.351 e. The van der Waals surface area contributed by atoms with E-state index in [2.05, 4.69) is 9.68 Å². The fourth-order valence-corrected chi connectivity index (χ4v) is 2.98. The van der Waals surface area contributed by atoms with Crippen LogP contribution in [0.25, 0.3) is 11.3 Å². The Hall–Kier alpha value is -1.91. The molecular formula is C13H8F7NO2S. The highest BCUT2D eigenvalue weighted by Gasteiger charge is 2.37. The largest absolute Gasteiger partial charge is 0.452 e. The third-order valence-electron chi connectivity index (χ3n) is 2.87. The van der Waals surface area contributed by atoms with Gasteiger partial charge in [-0.1, -0.05) is 5.16 Å². The number of halogens is 7. The molecule has 0 radical (unpaired) electrons. The topological polar surface area (TPSA) is 43.1 Å². The van der Waals surface area contributed by atoms with Crippen LogP contribution >= 0.6 is 0 Å². The number of aryl methyl sites for hydroxylation is 1. The second kappa shape index (κ2) is 6.19. The van der Waals surface area contributed by atoms with Crippen LogP contribution in [0.5, 0.6) is 0 Å². The molecule has 0 saturated carbocycles. The van der Waals surface area contributed by atoms with E-state index in [1.807, 2.05) is 0 Å². The lowest BCUT2D eigenvalue weighted by molar-refractivity contribution is -0.155. The highest BCUT2D eigenvalue weighted by atomic mass is 32.2. The molecule has 2 rings (SSSR count). The zero-order chi connectivity index (χ0) is 18.3. The number of hydrogen-bond acceptors (Lipinski definition) is 3.